The van der Waals surface area contributed by atoms with Crippen LogP contribution in [0, 0.1) is 0 Å². The minimum atomic E-state index is -1.77. The number of carboxylic acid groups (broad SMARTS) is 12. The highest BCUT2D eigenvalue weighted by molar-refractivity contribution is 6.36. The van der Waals surface area contributed by atoms with Gasteiger partial charge in [-0.15, -0.1) is 0 Å². The van der Waals surface area contributed by atoms with E-state index < -0.39 is 97.4 Å². The Labute approximate surface area is 392 Å². The normalized spacial score (nSPS) is 9.80. The van der Waals surface area contributed by atoms with E-state index in [9.17, 15) is 62.3 Å². The van der Waals surface area contributed by atoms with Crippen LogP contribution in [0.3, 0.4) is 0 Å². The first-order valence-corrected chi connectivity index (χ1v) is 18.2. The molecule has 0 heterocycles. The number of aliphatic carboxylic acids is 5. The molecule has 4 aromatic rings. The maximum Gasteiger partial charge on any atom is 0.394 e. The molecule has 1 amide bonds. The molecule has 29 nitrogen and oxygen atoms in total. The van der Waals surface area contributed by atoms with E-state index in [2.05, 4.69) is 0 Å². The molecule has 0 saturated carbocycles. The Balaban J connectivity index is 0.000000474. The molecule has 0 fully saturated rings. The number of hydrogen-bond acceptors (Lipinski definition) is 16. The molecular weight excluding hydrogens is 966 g/mol. The fraction of sp³-hybridized carbons (Fsp3) is 0.0714. The first kappa shape index (κ1) is 58.1. The highest BCUT2D eigenvalue weighted by Gasteiger charge is 2.17. The summed E-state index contributed by atoms with van der Waals surface area (Å²) in [4.78, 5) is 138. The Morgan fingerprint density at radius 1 is 0.366 bits per heavy atom. The topological polar surface area (TPSA) is 504 Å². The fourth-order valence-corrected chi connectivity index (χ4v) is 4.52. The van der Waals surface area contributed by atoms with Gasteiger partial charge in [0.1, 0.15) is 17.2 Å². The van der Waals surface area contributed by atoms with Gasteiger partial charge in [0, 0.05) is 17.8 Å². The summed E-state index contributed by atoms with van der Waals surface area (Å²) >= 11 is 0. The molecule has 374 valence electrons. The number of benzene rings is 4. The number of carboxylic acids is 12. The number of nitrogens with one attached hydrogen (secondary N) is 1. The molecule has 0 unspecified atom stereocenters. The van der Waals surface area contributed by atoms with Crippen molar-refractivity contribution in [2.75, 3.05) is 25.1 Å². The van der Waals surface area contributed by atoms with Crippen LogP contribution in [0.25, 0.3) is 6.08 Å². The van der Waals surface area contributed by atoms with Crippen molar-refractivity contribution in [3.63, 3.8) is 0 Å². The molecule has 0 radical (unpaired) electrons. The van der Waals surface area contributed by atoms with Gasteiger partial charge in [-0.2, -0.15) is 0 Å². The predicted octanol–water partition coefficient (Wildman–Crippen LogP) is 2.14. The minimum Gasteiger partial charge on any atom is -0.482 e. The average Bonchev–Trinajstić information content (AvgIpc) is 3.28. The first-order chi connectivity index (χ1) is 33.0. The van der Waals surface area contributed by atoms with E-state index >= 15 is 0 Å². The molecule has 29 heteroatoms. The average molecular weight is 1000 g/mol. The second-order valence-corrected chi connectivity index (χ2v) is 12.7. The maximum atomic E-state index is 10.9. The third-order valence-corrected chi connectivity index (χ3v) is 7.36. The van der Waals surface area contributed by atoms with Crippen molar-refractivity contribution >= 4 is 89.3 Å². The Bertz CT molecular complexity index is 2670. The number of aromatic carboxylic acids is 7. The van der Waals surface area contributed by atoms with Crippen molar-refractivity contribution in [2.24, 2.45) is 0 Å². The quantitative estimate of drug-likeness (QED) is 0.0473. The van der Waals surface area contributed by atoms with E-state index in [-0.39, 0.29) is 67.4 Å². The van der Waals surface area contributed by atoms with Crippen LogP contribution in [-0.2, 0) is 28.8 Å². The van der Waals surface area contributed by atoms with Crippen LogP contribution < -0.4 is 19.5 Å². The lowest BCUT2D eigenvalue weighted by molar-refractivity contribution is -0.147. The highest BCUT2D eigenvalue weighted by Crippen LogP contribution is 2.24. The maximum absolute atomic E-state index is 10.9. The molecular formula is C42H33NO28. The standard InChI is InChI=1S/C11H10O8.C11H8O6.C10H7NO7.C10H8O7/c12-9(13)4-18-7-1-6(11(16)17)2-8(3-7)19-5-10(14)15;12-9(13)2-1-6-3-7(10(14)15)5-8(4-6)11(16)17;12-7(10(17)18)11-6-2-4(8(13)14)1-5(3-6)9(15)16;11-8(12)4-17-7-2-5(9(13)14)1-6(3-7)10(15)16/h1-3H,4-5H2,(H,12,13)(H,14,15)(H,16,17);1-5H,(H,12,13)(H,14,15)(H,16,17);1-3H,(H,11,12)(H,13,14)(H,15,16)(H,17,18);1-3H,4H2,(H,11,12)(H,13,14)(H,15,16)/b;2-1+;;. The summed E-state index contributed by atoms with van der Waals surface area (Å²) in [6.07, 6.45) is 1.92. The lowest BCUT2D eigenvalue weighted by atomic mass is 10.1. The summed E-state index contributed by atoms with van der Waals surface area (Å²) in [5.74, 6) is -17.6. The Morgan fingerprint density at radius 2 is 0.634 bits per heavy atom. The van der Waals surface area contributed by atoms with Gasteiger partial charge in [-0.1, -0.05) is 0 Å². The summed E-state index contributed by atoms with van der Waals surface area (Å²) < 4.78 is 14.4. The predicted molar refractivity (Wildman–Crippen MR) is 227 cm³/mol. The smallest absolute Gasteiger partial charge is 0.394 e. The van der Waals surface area contributed by atoms with Crippen molar-refractivity contribution in [3.05, 3.63) is 123 Å². The van der Waals surface area contributed by atoms with Gasteiger partial charge in [0.2, 0.25) is 0 Å². The van der Waals surface area contributed by atoms with Gasteiger partial charge in [0.05, 0.1) is 38.9 Å². The lowest BCUT2D eigenvalue weighted by Crippen LogP contribution is -2.22. The molecule has 0 atom stereocenters. The van der Waals surface area contributed by atoms with Crippen LogP contribution in [0.2, 0.25) is 0 Å². The van der Waals surface area contributed by atoms with Gasteiger partial charge in [-0.3, -0.25) is 4.79 Å². The molecule has 0 aliphatic heterocycles. The Hall–Kier alpha value is -10.9. The number of hydrogen-bond donors (Lipinski definition) is 13. The molecule has 13 N–H and O–H groups in total. The van der Waals surface area contributed by atoms with E-state index in [1.165, 1.54) is 18.2 Å². The number of rotatable bonds is 19. The van der Waals surface area contributed by atoms with Gasteiger partial charge in [0.25, 0.3) is 0 Å². The zero-order valence-corrected chi connectivity index (χ0v) is 35.1. The minimum absolute atomic E-state index is 0.0392. The van der Waals surface area contributed by atoms with Crippen molar-refractivity contribution in [3.8, 4) is 17.2 Å². The molecule has 4 aromatic carbocycles. The summed E-state index contributed by atoms with van der Waals surface area (Å²) in [5.41, 5.74) is -1.99. The van der Waals surface area contributed by atoms with E-state index in [0.29, 0.717) is 0 Å². The molecule has 0 saturated heterocycles. The van der Waals surface area contributed by atoms with Gasteiger partial charge in [0.15, 0.2) is 19.8 Å². The molecule has 0 aromatic heterocycles. The molecule has 71 heavy (non-hydrogen) atoms. The van der Waals surface area contributed by atoms with Crippen LogP contribution in [0.5, 0.6) is 17.2 Å². The molecule has 0 bridgehead atoms. The Kier molecular flexibility index (Phi) is 22.6. The first-order valence-electron chi connectivity index (χ1n) is 18.2. The van der Waals surface area contributed by atoms with Crippen LogP contribution >= 0.6 is 0 Å². The van der Waals surface area contributed by atoms with Crippen molar-refractivity contribution in [2.45, 2.75) is 0 Å². The summed E-state index contributed by atoms with van der Waals surface area (Å²) in [6, 6.07) is 12.7. The van der Waals surface area contributed by atoms with Crippen molar-refractivity contribution < 1.29 is 138 Å². The number of carbonyl (C=O) groups excluding carboxylic acids is 1. The van der Waals surface area contributed by atoms with Gasteiger partial charge in [-0.05, 0) is 78.4 Å². The van der Waals surface area contributed by atoms with Gasteiger partial charge < -0.3 is 80.8 Å². The molecule has 0 aliphatic rings. The van der Waals surface area contributed by atoms with E-state index in [1.807, 2.05) is 5.32 Å². The van der Waals surface area contributed by atoms with Crippen LogP contribution in [-0.4, -0.2) is 159 Å². The monoisotopic (exact) mass is 999 g/mol. The number of ether oxygens (including phenoxy) is 3. The SMILES string of the molecule is O=C(O)/C=C/c1cc(C(=O)O)cc(C(=O)O)c1.O=C(O)C(=O)Nc1cc(C(=O)O)cc(C(=O)O)c1.O=C(O)COc1cc(C(=O)O)cc(C(=O)O)c1.O=C(O)COc1cc(OCC(=O)O)cc(C(=O)O)c1. The molecule has 0 aliphatic carbocycles. The van der Waals surface area contributed by atoms with Crippen molar-refractivity contribution in [1.29, 1.82) is 0 Å². The zero-order valence-electron chi connectivity index (χ0n) is 35.1. The lowest BCUT2D eigenvalue weighted by Gasteiger charge is -2.08. The Morgan fingerprint density at radius 3 is 0.901 bits per heavy atom. The second kappa shape index (κ2) is 27.6. The highest BCUT2D eigenvalue weighted by atomic mass is 16.5. The van der Waals surface area contributed by atoms with E-state index in [1.54, 1.807) is 0 Å². The summed E-state index contributed by atoms with van der Waals surface area (Å²) in [6.45, 7) is -1.98. The van der Waals surface area contributed by atoms with Gasteiger partial charge >= 0.3 is 77.5 Å². The summed E-state index contributed by atoms with van der Waals surface area (Å²) in [7, 11) is 0. The van der Waals surface area contributed by atoms with Crippen LogP contribution in [0.15, 0.2) is 78.9 Å². The van der Waals surface area contributed by atoms with Crippen molar-refractivity contribution in [1.82, 2.24) is 0 Å². The molecule has 0 spiro atoms. The van der Waals surface area contributed by atoms with E-state index in [4.69, 9.17) is 75.5 Å². The number of carbonyl (C=O) groups is 13. The largest absolute Gasteiger partial charge is 0.482 e. The fourth-order valence-electron chi connectivity index (χ4n) is 4.52. The van der Waals surface area contributed by atoms with E-state index in [0.717, 1.165) is 66.7 Å². The van der Waals surface area contributed by atoms with Crippen LogP contribution in [0.1, 0.15) is 78.1 Å². The molecule has 4 rings (SSSR count). The zero-order chi connectivity index (χ0) is 54.3. The number of amides is 1. The summed E-state index contributed by atoms with van der Waals surface area (Å²) in [5, 5.41) is 105. The van der Waals surface area contributed by atoms with Crippen LogP contribution in [0.4, 0.5) is 5.69 Å². The second-order valence-electron chi connectivity index (χ2n) is 12.7. The third-order valence-electron chi connectivity index (χ3n) is 7.36. The number of anilines is 1. The third kappa shape index (κ3) is 22.3. The van der Waals surface area contributed by atoms with Gasteiger partial charge in [-0.25, -0.2) is 57.5 Å².